The Hall–Kier alpha value is -1.65. The van der Waals surface area contributed by atoms with Gasteiger partial charge in [-0.2, -0.15) is 13.2 Å². The smallest absolute Gasteiger partial charge is 0.411 e. The molecule has 1 unspecified atom stereocenters. The lowest BCUT2D eigenvalue weighted by Crippen LogP contribution is -2.31. The Kier molecular flexibility index (Phi) is 6.42. The zero-order valence-corrected chi connectivity index (χ0v) is 15.6. The second-order valence-corrected chi connectivity index (χ2v) is 6.66. The van der Waals surface area contributed by atoms with Crippen molar-refractivity contribution < 1.29 is 27.4 Å². The number of thiazole rings is 1. The summed E-state index contributed by atoms with van der Waals surface area (Å²) in [6, 6.07) is 5.39. The van der Waals surface area contributed by atoms with Crippen LogP contribution in [0.15, 0.2) is 28.1 Å². The molecule has 10 heteroatoms. The van der Waals surface area contributed by atoms with Crippen LogP contribution in [-0.2, 0) is 9.53 Å². The molecule has 0 spiro atoms. The zero-order chi connectivity index (χ0) is 18.6. The van der Waals surface area contributed by atoms with Gasteiger partial charge in [0.2, 0.25) is 0 Å². The van der Waals surface area contributed by atoms with Crippen LogP contribution in [0, 0.1) is 0 Å². The van der Waals surface area contributed by atoms with E-state index in [-0.39, 0.29) is 5.13 Å². The molecule has 1 aromatic heterocycles. The van der Waals surface area contributed by atoms with E-state index >= 15 is 0 Å². The van der Waals surface area contributed by atoms with E-state index in [2.05, 4.69) is 31.0 Å². The number of nitrogens with one attached hydrogen (secondary N) is 1. The molecule has 136 valence electrons. The summed E-state index contributed by atoms with van der Waals surface area (Å²) >= 11 is 4.54. The van der Waals surface area contributed by atoms with E-state index < -0.39 is 24.8 Å². The van der Waals surface area contributed by atoms with Gasteiger partial charge in [-0.05, 0) is 41.1 Å². The molecule has 1 atom stereocenters. The summed E-state index contributed by atoms with van der Waals surface area (Å²) in [5.74, 6) is -0.0239. The van der Waals surface area contributed by atoms with Gasteiger partial charge < -0.3 is 9.47 Å². The number of anilines is 1. The van der Waals surface area contributed by atoms with Crippen molar-refractivity contribution in [2.24, 2.45) is 0 Å². The monoisotopic (exact) mass is 438 g/mol. The third-order valence-electron chi connectivity index (χ3n) is 3.05. The number of halogens is 4. The average molecular weight is 439 g/mol. The van der Waals surface area contributed by atoms with E-state index in [1.54, 1.807) is 24.6 Å². The number of alkyl halides is 3. The number of carbonyl (C=O) groups is 1. The summed E-state index contributed by atoms with van der Waals surface area (Å²) in [6.07, 6.45) is -5.73. The minimum Gasteiger partial charge on any atom is -0.496 e. The van der Waals surface area contributed by atoms with E-state index in [9.17, 15) is 18.0 Å². The first-order chi connectivity index (χ1) is 11.7. The molecule has 1 heterocycles. The van der Waals surface area contributed by atoms with Crippen molar-refractivity contribution in [3.8, 4) is 17.0 Å². The number of hydrogen-bond acceptors (Lipinski definition) is 5. The SMILES string of the molecule is COc1ccc(-c2csc(NC(=O)C(C)OCC(F)(F)F)n2)cc1Br. The van der Waals surface area contributed by atoms with Crippen LogP contribution in [0.3, 0.4) is 0 Å². The molecule has 0 aliphatic rings. The average Bonchev–Trinajstić information content (AvgIpc) is 3.00. The Morgan fingerprint density at radius 2 is 2.16 bits per heavy atom. The number of methoxy groups -OCH3 is 1. The third-order valence-corrected chi connectivity index (χ3v) is 4.43. The normalized spacial score (nSPS) is 12.7. The molecule has 1 aromatic carbocycles. The number of benzene rings is 1. The molecular formula is C15H14BrF3N2O3S. The van der Waals surface area contributed by atoms with Crippen LogP contribution in [0.5, 0.6) is 5.75 Å². The number of carbonyl (C=O) groups excluding carboxylic acids is 1. The summed E-state index contributed by atoms with van der Waals surface area (Å²) in [4.78, 5) is 16.1. The van der Waals surface area contributed by atoms with E-state index in [0.717, 1.165) is 21.4 Å². The van der Waals surface area contributed by atoms with Gasteiger partial charge in [0.05, 0.1) is 17.3 Å². The molecule has 5 nitrogen and oxygen atoms in total. The van der Waals surface area contributed by atoms with Crippen LogP contribution in [-0.4, -0.2) is 36.9 Å². The zero-order valence-electron chi connectivity index (χ0n) is 13.2. The molecule has 0 bridgehead atoms. The molecular weight excluding hydrogens is 425 g/mol. The predicted molar refractivity (Wildman–Crippen MR) is 91.9 cm³/mol. The Labute approximate surface area is 154 Å². The van der Waals surface area contributed by atoms with Gasteiger partial charge >= 0.3 is 6.18 Å². The summed E-state index contributed by atoms with van der Waals surface area (Å²) < 4.78 is 46.7. The first-order valence-corrected chi connectivity index (χ1v) is 8.65. The van der Waals surface area contributed by atoms with Crippen molar-refractivity contribution in [3.63, 3.8) is 0 Å². The van der Waals surface area contributed by atoms with Crippen LogP contribution in [0.1, 0.15) is 6.92 Å². The van der Waals surface area contributed by atoms with Crippen LogP contribution in [0.4, 0.5) is 18.3 Å². The highest BCUT2D eigenvalue weighted by Crippen LogP contribution is 2.32. The van der Waals surface area contributed by atoms with Gasteiger partial charge in [-0.15, -0.1) is 11.3 Å². The van der Waals surface area contributed by atoms with Crippen molar-refractivity contribution >= 4 is 38.3 Å². The lowest BCUT2D eigenvalue weighted by Gasteiger charge is -2.13. The predicted octanol–water partition coefficient (Wildman–Crippen LogP) is 4.49. The fourth-order valence-corrected chi connectivity index (χ4v) is 3.05. The number of rotatable bonds is 6. The minimum atomic E-state index is -4.48. The molecule has 0 aliphatic heterocycles. The van der Waals surface area contributed by atoms with Crippen LogP contribution >= 0.6 is 27.3 Å². The van der Waals surface area contributed by atoms with Gasteiger partial charge in [-0.1, -0.05) is 0 Å². The number of hydrogen-bond donors (Lipinski definition) is 1. The fourth-order valence-electron chi connectivity index (χ4n) is 1.79. The molecule has 0 saturated heterocycles. The highest BCUT2D eigenvalue weighted by molar-refractivity contribution is 9.10. The highest BCUT2D eigenvalue weighted by atomic mass is 79.9. The maximum atomic E-state index is 12.1. The maximum Gasteiger partial charge on any atom is 0.411 e. The lowest BCUT2D eigenvalue weighted by molar-refractivity contribution is -0.184. The van der Waals surface area contributed by atoms with Crippen molar-refractivity contribution in [3.05, 3.63) is 28.1 Å². The molecule has 1 N–H and O–H groups in total. The second kappa shape index (κ2) is 8.15. The third kappa shape index (κ3) is 5.68. The first kappa shape index (κ1) is 19.7. The van der Waals surface area contributed by atoms with Crippen LogP contribution in [0.25, 0.3) is 11.3 Å². The molecule has 0 radical (unpaired) electrons. The molecule has 25 heavy (non-hydrogen) atoms. The van der Waals surface area contributed by atoms with E-state index in [1.165, 1.54) is 6.92 Å². The minimum absolute atomic E-state index is 0.273. The van der Waals surface area contributed by atoms with Gasteiger partial charge in [0.25, 0.3) is 5.91 Å². The van der Waals surface area contributed by atoms with Crippen molar-refractivity contribution in [1.29, 1.82) is 0 Å². The van der Waals surface area contributed by atoms with Gasteiger partial charge in [0.15, 0.2) is 5.13 Å². The van der Waals surface area contributed by atoms with E-state index in [1.807, 2.05) is 6.07 Å². The van der Waals surface area contributed by atoms with Gasteiger partial charge in [-0.25, -0.2) is 4.98 Å². The maximum absolute atomic E-state index is 12.1. The van der Waals surface area contributed by atoms with Crippen molar-refractivity contribution in [2.75, 3.05) is 19.0 Å². The summed E-state index contributed by atoms with van der Waals surface area (Å²) in [7, 11) is 1.55. The molecule has 2 rings (SSSR count). The second-order valence-electron chi connectivity index (χ2n) is 4.94. The van der Waals surface area contributed by atoms with Gasteiger partial charge in [0.1, 0.15) is 18.5 Å². The topological polar surface area (TPSA) is 60.5 Å². The summed E-state index contributed by atoms with van der Waals surface area (Å²) in [5.41, 5.74) is 1.42. The van der Waals surface area contributed by atoms with Crippen LogP contribution in [0.2, 0.25) is 0 Å². The molecule has 0 fully saturated rings. The first-order valence-electron chi connectivity index (χ1n) is 6.98. The Bertz CT molecular complexity index is 752. The van der Waals surface area contributed by atoms with E-state index in [4.69, 9.17) is 4.74 Å². The molecule has 0 aliphatic carbocycles. The molecule has 1 amide bonds. The van der Waals surface area contributed by atoms with Crippen LogP contribution < -0.4 is 10.1 Å². The summed E-state index contributed by atoms with van der Waals surface area (Å²) in [5, 5.41) is 4.44. The molecule has 2 aromatic rings. The summed E-state index contributed by atoms with van der Waals surface area (Å²) in [6.45, 7) is -0.235. The fraction of sp³-hybridized carbons (Fsp3) is 0.333. The highest BCUT2D eigenvalue weighted by Gasteiger charge is 2.30. The number of nitrogens with zero attached hydrogens (tertiary/aromatic N) is 1. The standard InChI is InChI=1S/C15H14BrF3N2O3S/c1-8(24-7-15(17,18)19)13(22)21-14-20-11(6-25-14)9-3-4-12(23-2)10(16)5-9/h3-6,8H,7H2,1-2H3,(H,20,21,22). The lowest BCUT2D eigenvalue weighted by atomic mass is 10.2. The van der Waals surface area contributed by atoms with Gasteiger partial charge in [0, 0.05) is 10.9 Å². The number of amides is 1. The van der Waals surface area contributed by atoms with Crippen molar-refractivity contribution in [2.45, 2.75) is 19.2 Å². The van der Waals surface area contributed by atoms with Crippen molar-refractivity contribution in [1.82, 2.24) is 4.98 Å². The van der Waals surface area contributed by atoms with Gasteiger partial charge in [-0.3, -0.25) is 10.1 Å². The number of aromatic nitrogens is 1. The Balaban J connectivity index is 2.01. The number of ether oxygens (including phenoxy) is 2. The molecule has 0 saturated carbocycles. The Morgan fingerprint density at radius 1 is 1.44 bits per heavy atom. The van der Waals surface area contributed by atoms with E-state index in [0.29, 0.717) is 11.4 Å². The quantitative estimate of drug-likeness (QED) is 0.721. The largest absolute Gasteiger partial charge is 0.496 e. The Morgan fingerprint density at radius 3 is 2.76 bits per heavy atom.